The Balaban J connectivity index is 1.21. The van der Waals surface area contributed by atoms with E-state index in [0.717, 1.165) is 10.9 Å². The predicted octanol–water partition coefficient (Wildman–Crippen LogP) is 4.69. The van der Waals surface area contributed by atoms with Gasteiger partial charge in [-0.1, -0.05) is 23.2 Å². The molecule has 9 nitrogen and oxygen atoms in total. The highest BCUT2D eigenvalue weighted by molar-refractivity contribution is 7.88. The average Bonchev–Trinajstić information content (AvgIpc) is 3.20. The average molecular weight is 577 g/mol. The minimum Gasteiger partial charge on any atom is -0.486 e. The zero-order valence-electron chi connectivity index (χ0n) is 20.5. The van der Waals surface area contributed by atoms with E-state index < -0.39 is 21.9 Å². The topological polar surface area (TPSA) is 104 Å². The number of ether oxygens (including phenoxy) is 1. The first-order valence-corrected chi connectivity index (χ1v) is 14.4. The van der Waals surface area contributed by atoms with Crippen molar-refractivity contribution in [3.63, 3.8) is 0 Å². The van der Waals surface area contributed by atoms with Crippen LogP contribution in [0, 0.1) is 11.2 Å². The van der Waals surface area contributed by atoms with Crippen molar-refractivity contribution in [1.29, 1.82) is 0 Å². The number of anilines is 1. The first kappa shape index (κ1) is 25.3. The van der Waals surface area contributed by atoms with Gasteiger partial charge < -0.3 is 9.64 Å². The highest BCUT2D eigenvalue weighted by Crippen LogP contribution is 2.43. The molecule has 0 amide bonds. The number of sulfonamides is 1. The molecule has 38 heavy (non-hydrogen) atoms. The molecule has 5 heterocycles. The summed E-state index contributed by atoms with van der Waals surface area (Å²) in [6.45, 7) is 3.90. The van der Waals surface area contributed by atoms with Crippen LogP contribution >= 0.6 is 23.2 Å². The SMILES string of the molecule is C[C@@H](Oc1ccc2[nH]nc(-c3cnc(N4CC5(C4)CN(S(C)(=O)=O)C5)c(F)c3)c2c1)c1c(Cl)cncc1Cl. The van der Waals surface area contributed by atoms with Crippen molar-refractivity contribution in [2.45, 2.75) is 13.0 Å². The van der Waals surface area contributed by atoms with E-state index in [1.54, 1.807) is 12.3 Å². The molecule has 6 rings (SSSR count). The van der Waals surface area contributed by atoms with Gasteiger partial charge in [0.2, 0.25) is 10.0 Å². The van der Waals surface area contributed by atoms with Crippen LogP contribution in [0.3, 0.4) is 0 Å². The lowest BCUT2D eigenvalue weighted by molar-refractivity contribution is 0.0390. The number of nitrogens with zero attached hydrogens (tertiary/aromatic N) is 5. The number of H-pyrrole nitrogens is 1. The Labute approximate surface area is 228 Å². The van der Waals surface area contributed by atoms with Crippen molar-refractivity contribution < 1.29 is 17.5 Å². The Kier molecular flexibility index (Phi) is 6.02. The Bertz CT molecular complexity index is 1650. The molecule has 2 aliphatic rings. The standard InChI is InChI=1S/C25H23Cl2FN6O3S/c1-14(22-18(26)8-29-9-19(22)27)37-16-3-4-21-17(6-16)23(32-31-21)15-5-20(28)24(30-7-15)33-10-25(11-33)12-34(13-25)38(2,35)36/h3-9,14H,10-13H2,1-2H3,(H,31,32)/t14-/m1/s1. The van der Waals surface area contributed by atoms with Gasteiger partial charge in [-0.2, -0.15) is 5.10 Å². The number of fused-ring (bicyclic) bond motifs is 1. The molecule has 1 aromatic carbocycles. The van der Waals surface area contributed by atoms with Crippen LogP contribution < -0.4 is 9.64 Å². The largest absolute Gasteiger partial charge is 0.486 e. The number of aromatic amines is 1. The molecule has 0 radical (unpaired) electrons. The van der Waals surface area contributed by atoms with Crippen LogP contribution in [0.5, 0.6) is 5.75 Å². The number of hydrogen-bond acceptors (Lipinski definition) is 7. The fourth-order valence-corrected chi connectivity index (χ4v) is 6.89. The molecule has 3 aromatic heterocycles. The van der Waals surface area contributed by atoms with Crippen LogP contribution in [0.2, 0.25) is 10.0 Å². The second-order valence-corrected chi connectivity index (χ2v) is 12.8. The molecule has 1 N–H and O–H groups in total. The van der Waals surface area contributed by atoms with Gasteiger partial charge in [-0.05, 0) is 31.2 Å². The normalized spacial score (nSPS) is 17.9. The maximum absolute atomic E-state index is 15.2. The zero-order chi connectivity index (χ0) is 26.8. The van der Waals surface area contributed by atoms with Crippen molar-refractivity contribution in [2.75, 3.05) is 37.3 Å². The summed E-state index contributed by atoms with van der Waals surface area (Å²) in [7, 11) is -3.19. The maximum atomic E-state index is 15.2. The molecular formula is C25H23Cl2FN6O3S. The van der Waals surface area contributed by atoms with Gasteiger partial charge in [0, 0.05) is 66.7 Å². The van der Waals surface area contributed by atoms with Gasteiger partial charge >= 0.3 is 0 Å². The molecule has 198 valence electrons. The van der Waals surface area contributed by atoms with E-state index in [9.17, 15) is 8.42 Å². The van der Waals surface area contributed by atoms with E-state index in [0.29, 0.717) is 58.8 Å². The lowest BCUT2D eigenvalue weighted by Crippen LogP contribution is -2.73. The summed E-state index contributed by atoms with van der Waals surface area (Å²) >= 11 is 12.6. The second-order valence-electron chi connectivity index (χ2n) is 9.97. The summed E-state index contributed by atoms with van der Waals surface area (Å²) in [5.74, 6) is 0.355. The Morgan fingerprint density at radius 1 is 1.11 bits per heavy atom. The Morgan fingerprint density at radius 2 is 1.82 bits per heavy atom. The number of halogens is 3. The summed E-state index contributed by atoms with van der Waals surface area (Å²) in [6, 6.07) is 6.87. The summed E-state index contributed by atoms with van der Waals surface area (Å²) in [6.07, 6.45) is 5.39. The van der Waals surface area contributed by atoms with Crippen LogP contribution in [0.1, 0.15) is 18.6 Å². The molecular weight excluding hydrogens is 554 g/mol. The van der Waals surface area contributed by atoms with E-state index in [4.69, 9.17) is 27.9 Å². The van der Waals surface area contributed by atoms with Crippen molar-refractivity contribution in [3.8, 4) is 17.0 Å². The van der Waals surface area contributed by atoms with E-state index in [2.05, 4.69) is 20.2 Å². The van der Waals surface area contributed by atoms with Crippen molar-refractivity contribution in [3.05, 3.63) is 64.3 Å². The lowest BCUT2D eigenvalue weighted by Gasteiger charge is -2.59. The van der Waals surface area contributed by atoms with Crippen LogP contribution in [0.25, 0.3) is 22.2 Å². The van der Waals surface area contributed by atoms with Crippen LogP contribution in [0.15, 0.2) is 42.9 Å². The van der Waals surface area contributed by atoms with Gasteiger partial charge in [-0.15, -0.1) is 0 Å². The van der Waals surface area contributed by atoms with E-state index >= 15 is 4.39 Å². The molecule has 2 saturated heterocycles. The number of hydrogen-bond donors (Lipinski definition) is 1. The van der Waals surface area contributed by atoms with Crippen LogP contribution in [0.4, 0.5) is 10.2 Å². The first-order valence-electron chi connectivity index (χ1n) is 11.8. The molecule has 1 atom stereocenters. The number of benzene rings is 1. The van der Waals surface area contributed by atoms with Crippen LogP contribution in [-0.4, -0.2) is 65.3 Å². The van der Waals surface area contributed by atoms with Gasteiger partial charge in [-0.3, -0.25) is 10.1 Å². The van der Waals surface area contributed by atoms with Gasteiger partial charge in [0.1, 0.15) is 17.5 Å². The number of aromatic nitrogens is 4. The Morgan fingerprint density at radius 3 is 2.47 bits per heavy atom. The highest BCUT2D eigenvalue weighted by atomic mass is 35.5. The molecule has 2 aliphatic heterocycles. The fourth-order valence-electron chi connectivity index (χ4n) is 5.20. The Hall–Kier alpha value is -2.99. The molecule has 0 aliphatic carbocycles. The van der Waals surface area contributed by atoms with Crippen molar-refractivity contribution in [1.82, 2.24) is 24.5 Å². The van der Waals surface area contributed by atoms with E-state index in [-0.39, 0.29) is 11.2 Å². The van der Waals surface area contributed by atoms with Gasteiger partial charge in [0.15, 0.2) is 11.6 Å². The number of nitrogens with one attached hydrogen (secondary N) is 1. The lowest BCUT2D eigenvalue weighted by atomic mass is 9.74. The summed E-state index contributed by atoms with van der Waals surface area (Å²) in [5, 5.41) is 8.92. The molecule has 0 bridgehead atoms. The van der Waals surface area contributed by atoms with Crippen molar-refractivity contribution >= 4 is 49.9 Å². The molecule has 1 spiro atoms. The third kappa shape index (κ3) is 4.37. The third-order valence-electron chi connectivity index (χ3n) is 7.08. The second kappa shape index (κ2) is 9.04. The van der Waals surface area contributed by atoms with Crippen molar-refractivity contribution in [2.24, 2.45) is 5.41 Å². The molecule has 0 unspecified atom stereocenters. The summed E-state index contributed by atoms with van der Waals surface area (Å²) < 4.78 is 46.1. The zero-order valence-corrected chi connectivity index (χ0v) is 22.8. The minimum atomic E-state index is -3.19. The third-order valence-corrected chi connectivity index (χ3v) is 8.88. The predicted molar refractivity (Wildman–Crippen MR) is 144 cm³/mol. The monoisotopic (exact) mass is 576 g/mol. The van der Waals surface area contributed by atoms with Crippen LogP contribution in [-0.2, 0) is 10.0 Å². The summed E-state index contributed by atoms with van der Waals surface area (Å²) in [4.78, 5) is 10.2. The fraction of sp³-hybridized carbons (Fsp3) is 0.320. The smallest absolute Gasteiger partial charge is 0.211 e. The minimum absolute atomic E-state index is 0.119. The molecule has 4 aromatic rings. The quantitative estimate of drug-likeness (QED) is 0.355. The first-order chi connectivity index (χ1) is 18.0. The van der Waals surface area contributed by atoms with E-state index in [1.165, 1.54) is 29.0 Å². The highest BCUT2D eigenvalue weighted by Gasteiger charge is 2.55. The molecule has 13 heteroatoms. The van der Waals surface area contributed by atoms with E-state index in [1.807, 2.05) is 24.0 Å². The van der Waals surface area contributed by atoms with Gasteiger partial charge in [-0.25, -0.2) is 22.1 Å². The number of rotatable bonds is 6. The number of pyridine rings is 2. The molecule has 2 fully saturated rings. The summed E-state index contributed by atoms with van der Waals surface area (Å²) in [5.41, 5.74) is 2.34. The van der Waals surface area contributed by atoms with Gasteiger partial charge in [0.25, 0.3) is 0 Å². The maximum Gasteiger partial charge on any atom is 0.211 e. The molecule has 0 saturated carbocycles. The van der Waals surface area contributed by atoms with Gasteiger partial charge in [0.05, 0.1) is 21.8 Å².